The molecular weight excluding hydrogens is 573 g/mol. The predicted octanol–water partition coefficient (Wildman–Crippen LogP) is 5.80. The lowest BCUT2D eigenvalue weighted by Gasteiger charge is -2.33. The lowest BCUT2D eigenvalue weighted by molar-refractivity contribution is -0.141. The molecule has 0 bridgehead atoms. The number of hydrogen-bond donors (Lipinski definition) is 1. The van der Waals surface area contributed by atoms with E-state index < -0.39 is 16.1 Å². The SMILES string of the molecule is CC[C@@H](C(=O)NC1CCCCC1)N(Cc1ccc(Cl)c(Cl)c1)C(=O)CCCN(c1ccc(OC)cc1)S(C)(=O)=O. The van der Waals surface area contributed by atoms with E-state index in [1.165, 1.54) is 17.8 Å². The van der Waals surface area contributed by atoms with Crippen molar-refractivity contribution in [1.29, 1.82) is 0 Å². The van der Waals surface area contributed by atoms with Crippen molar-refractivity contribution < 1.29 is 22.7 Å². The molecule has 2 amide bonds. The summed E-state index contributed by atoms with van der Waals surface area (Å²) < 4.78 is 31.5. The largest absolute Gasteiger partial charge is 0.497 e. The molecule has 0 aliphatic heterocycles. The van der Waals surface area contributed by atoms with Crippen LogP contribution < -0.4 is 14.4 Å². The number of carbonyl (C=O) groups is 2. The number of rotatable bonds is 13. The molecule has 0 saturated heterocycles. The maximum absolute atomic E-state index is 13.7. The van der Waals surface area contributed by atoms with Gasteiger partial charge in [0.05, 0.1) is 29.1 Å². The highest BCUT2D eigenvalue weighted by molar-refractivity contribution is 7.92. The normalized spacial score (nSPS) is 14.8. The van der Waals surface area contributed by atoms with Crippen molar-refractivity contribution in [1.82, 2.24) is 10.2 Å². The maximum Gasteiger partial charge on any atom is 0.243 e. The van der Waals surface area contributed by atoms with E-state index in [-0.39, 0.29) is 43.8 Å². The summed E-state index contributed by atoms with van der Waals surface area (Å²) in [5, 5.41) is 3.94. The third kappa shape index (κ3) is 9.01. The minimum absolute atomic E-state index is 0.0662. The number of amides is 2. The van der Waals surface area contributed by atoms with Crippen LogP contribution >= 0.6 is 23.2 Å². The number of nitrogens with one attached hydrogen (secondary N) is 1. The van der Waals surface area contributed by atoms with E-state index in [9.17, 15) is 18.0 Å². The Kier molecular flexibility index (Phi) is 12.0. The van der Waals surface area contributed by atoms with Crippen LogP contribution in [0.4, 0.5) is 5.69 Å². The van der Waals surface area contributed by atoms with Gasteiger partial charge in [-0.05, 0) is 67.6 Å². The molecule has 40 heavy (non-hydrogen) atoms. The number of benzene rings is 2. The van der Waals surface area contributed by atoms with Gasteiger partial charge in [0.15, 0.2) is 0 Å². The van der Waals surface area contributed by atoms with Gasteiger partial charge in [0.1, 0.15) is 11.8 Å². The minimum atomic E-state index is -3.59. The number of sulfonamides is 1. The molecule has 3 rings (SSSR count). The smallest absolute Gasteiger partial charge is 0.243 e. The molecule has 2 aromatic carbocycles. The zero-order chi connectivity index (χ0) is 29.3. The fourth-order valence-electron chi connectivity index (χ4n) is 5.05. The molecule has 220 valence electrons. The van der Waals surface area contributed by atoms with Gasteiger partial charge in [-0.2, -0.15) is 0 Å². The lowest BCUT2D eigenvalue weighted by atomic mass is 9.95. The van der Waals surface area contributed by atoms with E-state index in [0.717, 1.165) is 37.5 Å². The second kappa shape index (κ2) is 14.9. The summed E-state index contributed by atoms with van der Waals surface area (Å²) in [7, 11) is -2.05. The standard InChI is InChI=1S/C29H39Cl2N3O5S/c1-4-27(29(36)32-22-9-6-5-7-10-22)33(20-21-12-17-25(30)26(31)19-21)28(35)11-8-18-34(40(3,37)38)23-13-15-24(39-2)16-14-23/h12-17,19,22,27H,4-11,18,20H2,1-3H3,(H,32,36)/t27-/m0/s1. The fourth-order valence-corrected chi connectivity index (χ4v) is 6.34. The number of anilines is 1. The lowest BCUT2D eigenvalue weighted by Crippen LogP contribution is -2.51. The molecule has 0 heterocycles. The molecule has 8 nitrogen and oxygen atoms in total. The molecule has 2 aromatic rings. The van der Waals surface area contributed by atoms with Crippen molar-refractivity contribution in [2.45, 2.75) is 76.9 Å². The fraction of sp³-hybridized carbons (Fsp3) is 0.517. The Morgan fingerprint density at radius 3 is 2.30 bits per heavy atom. The van der Waals surface area contributed by atoms with Crippen LogP contribution in [0.3, 0.4) is 0 Å². The van der Waals surface area contributed by atoms with Crippen molar-refractivity contribution in [3.05, 3.63) is 58.1 Å². The number of nitrogens with zero attached hydrogens (tertiary/aromatic N) is 2. The maximum atomic E-state index is 13.7. The van der Waals surface area contributed by atoms with Gasteiger partial charge in [-0.25, -0.2) is 8.42 Å². The highest BCUT2D eigenvalue weighted by Gasteiger charge is 2.30. The van der Waals surface area contributed by atoms with Gasteiger partial charge in [0, 0.05) is 25.6 Å². The van der Waals surface area contributed by atoms with Gasteiger partial charge in [-0.15, -0.1) is 0 Å². The topological polar surface area (TPSA) is 96.0 Å². The predicted molar refractivity (Wildman–Crippen MR) is 161 cm³/mol. The Hall–Kier alpha value is -2.49. The zero-order valence-corrected chi connectivity index (χ0v) is 25.7. The first-order valence-corrected chi connectivity index (χ1v) is 16.3. The van der Waals surface area contributed by atoms with Gasteiger partial charge in [-0.3, -0.25) is 13.9 Å². The third-order valence-electron chi connectivity index (χ3n) is 7.19. The first kappa shape index (κ1) is 32.0. The minimum Gasteiger partial charge on any atom is -0.497 e. The summed E-state index contributed by atoms with van der Waals surface area (Å²) >= 11 is 12.3. The van der Waals surface area contributed by atoms with Gasteiger partial charge in [0.2, 0.25) is 21.8 Å². The Labute approximate surface area is 248 Å². The van der Waals surface area contributed by atoms with Gasteiger partial charge in [0.25, 0.3) is 0 Å². The number of carbonyl (C=O) groups excluding carboxylic acids is 2. The van der Waals surface area contributed by atoms with E-state index in [1.54, 1.807) is 47.4 Å². The summed E-state index contributed by atoms with van der Waals surface area (Å²) in [6.07, 6.45) is 7.13. The third-order valence-corrected chi connectivity index (χ3v) is 9.12. The molecule has 1 atom stereocenters. The van der Waals surface area contributed by atoms with E-state index in [4.69, 9.17) is 27.9 Å². The number of methoxy groups -OCH3 is 1. The molecule has 0 unspecified atom stereocenters. The van der Waals surface area contributed by atoms with Gasteiger partial charge in [-0.1, -0.05) is 55.5 Å². The Morgan fingerprint density at radius 1 is 1.05 bits per heavy atom. The molecular formula is C29H39Cl2N3O5S. The van der Waals surface area contributed by atoms with E-state index in [2.05, 4.69) is 5.32 Å². The summed E-state index contributed by atoms with van der Waals surface area (Å²) in [5.74, 6) is 0.209. The monoisotopic (exact) mass is 611 g/mol. The average Bonchev–Trinajstić information content (AvgIpc) is 2.92. The van der Waals surface area contributed by atoms with Crippen LogP contribution in [0.5, 0.6) is 5.75 Å². The van der Waals surface area contributed by atoms with E-state index in [0.29, 0.717) is 27.9 Å². The van der Waals surface area contributed by atoms with E-state index >= 15 is 0 Å². The highest BCUT2D eigenvalue weighted by Crippen LogP contribution is 2.26. The van der Waals surface area contributed by atoms with Crippen LogP contribution in [0.15, 0.2) is 42.5 Å². The van der Waals surface area contributed by atoms with Crippen LogP contribution in [-0.4, -0.2) is 57.1 Å². The summed E-state index contributed by atoms with van der Waals surface area (Å²) in [5.41, 5.74) is 1.24. The van der Waals surface area contributed by atoms with Crippen LogP contribution in [-0.2, 0) is 26.2 Å². The van der Waals surface area contributed by atoms with Crippen LogP contribution in [0.25, 0.3) is 0 Å². The quantitative estimate of drug-likeness (QED) is 0.308. The molecule has 0 spiro atoms. The van der Waals surface area contributed by atoms with Crippen LogP contribution in [0.1, 0.15) is 63.9 Å². The summed E-state index contributed by atoms with van der Waals surface area (Å²) in [6.45, 7) is 2.18. The Bertz CT molecular complexity index is 1250. The number of hydrogen-bond acceptors (Lipinski definition) is 5. The van der Waals surface area contributed by atoms with Crippen molar-refractivity contribution in [3.63, 3.8) is 0 Å². The zero-order valence-electron chi connectivity index (χ0n) is 23.4. The first-order chi connectivity index (χ1) is 19.0. The molecule has 1 aliphatic rings. The second-order valence-corrected chi connectivity index (χ2v) is 12.9. The Balaban J connectivity index is 1.77. The van der Waals surface area contributed by atoms with Crippen LogP contribution in [0, 0.1) is 0 Å². The van der Waals surface area contributed by atoms with Gasteiger partial charge >= 0.3 is 0 Å². The molecule has 11 heteroatoms. The molecule has 1 N–H and O–H groups in total. The molecule has 1 fully saturated rings. The number of halogens is 2. The summed E-state index contributed by atoms with van der Waals surface area (Å²) in [4.78, 5) is 28.6. The van der Waals surface area contributed by atoms with Gasteiger partial charge < -0.3 is 15.0 Å². The first-order valence-electron chi connectivity index (χ1n) is 13.7. The van der Waals surface area contributed by atoms with Crippen molar-refractivity contribution in [2.75, 3.05) is 24.2 Å². The van der Waals surface area contributed by atoms with Crippen LogP contribution in [0.2, 0.25) is 10.0 Å². The molecule has 0 radical (unpaired) electrons. The second-order valence-electron chi connectivity index (χ2n) is 10.2. The van der Waals surface area contributed by atoms with E-state index in [1.807, 2.05) is 6.92 Å². The van der Waals surface area contributed by atoms with Crippen molar-refractivity contribution in [2.24, 2.45) is 0 Å². The average molecular weight is 613 g/mol. The molecule has 1 saturated carbocycles. The molecule has 1 aliphatic carbocycles. The number of ether oxygens (including phenoxy) is 1. The van der Waals surface area contributed by atoms with Crippen molar-refractivity contribution >= 4 is 50.7 Å². The van der Waals surface area contributed by atoms with Crippen molar-refractivity contribution in [3.8, 4) is 5.75 Å². The summed E-state index contributed by atoms with van der Waals surface area (Å²) in [6, 6.07) is 11.3. The molecule has 0 aromatic heterocycles. The Morgan fingerprint density at radius 2 is 1.73 bits per heavy atom. The highest BCUT2D eigenvalue weighted by atomic mass is 35.5.